The molecule has 0 saturated heterocycles. The predicted molar refractivity (Wildman–Crippen MR) is 53.1 cm³/mol. The molecule has 2 nitrogen and oxygen atoms in total. The average molecular weight is 317 g/mol. The molecule has 6 heteroatoms. The van der Waals surface area contributed by atoms with E-state index in [0.29, 0.717) is 6.61 Å². The molecule has 78 valence electrons. The Hall–Kier alpha value is -0.530. The van der Waals surface area contributed by atoms with Gasteiger partial charge in [0.15, 0.2) is 0 Å². The Morgan fingerprint density at radius 2 is 2.07 bits per heavy atom. The van der Waals surface area contributed by atoms with E-state index in [2.05, 4.69) is 4.98 Å². The maximum Gasteiger partial charge on any atom is 0.418 e. The second-order valence-electron chi connectivity index (χ2n) is 2.42. The molecular weight excluding hydrogens is 310 g/mol. The first kappa shape index (κ1) is 11.5. The first-order valence-electron chi connectivity index (χ1n) is 3.81. The molecule has 0 N–H and O–H groups in total. The Bertz CT molecular complexity index is 327. The highest BCUT2D eigenvalue weighted by atomic mass is 127. The summed E-state index contributed by atoms with van der Waals surface area (Å²) in [4.78, 5) is 3.67. The van der Waals surface area contributed by atoms with Gasteiger partial charge in [0.05, 0.1) is 12.2 Å². The minimum Gasteiger partial charge on any atom is -0.478 e. The van der Waals surface area contributed by atoms with E-state index in [1.54, 1.807) is 6.92 Å². The van der Waals surface area contributed by atoms with E-state index in [1.807, 2.05) is 0 Å². The van der Waals surface area contributed by atoms with Crippen molar-refractivity contribution in [1.82, 2.24) is 4.98 Å². The van der Waals surface area contributed by atoms with Gasteiger partial charge < -0.3 is 4.74 Å². The summed E-state index contributed by atoms with van der Waals surface area (Å²) in [7, 11) is 0. The number of aromatic nitrogens is 1. The minimum absolute atomic E-state index is 0.0962. The summed E-state index contributed by atoms with van der Waals surface area (Å²) in [5, 5.41) is 0. The van der Waals surface area contributed by atoms with E-state index in [1.165, 1.54) is 28.7 Å². The van der Waals surface area contributed by atoms with Crippen molar-refractivity contribution in [1.29, 1.82) is 0 Å². The molecule has 0 aliphatic rings. The number of hydrogen-bond donors (Lipinski definition) is 0. The van der Waals surface area contributed by atoms with Crippen LogP contribution in [-0.2, 0) is 6.18 Å². The molecule has 0 atom stereocenters. The molecule has 0 aliphatic heterocycles. The Balaban J connectivity index is 3.02. The normalized spacial score (nSPS) is 11.5. The number of alkyl halides is 3. The molecule has 14 heavy (non-hydrogen) atoms. The predicted octanol–water partition coefficient (Wildman–Crippen LogP) is 3.10. The highest BCUT2D eigenvalue weighted by Gasteiger charge is 2.33. The minimum atomic E-state index is -4.35. The molecule has 0 radical (unpaired) electrons. The Kier molecular flexibility index (Phi) is 3.57. The van der Waals surface area contributed by atoms with Crippen molar-refractivity contribution in [2.75, 3.05) is 6.61 Å². The molecule has 1 rings (SSSR count). The quantitative estimate of drug-likeness (QED) is 0.618. The number of ether oxygens (including phenoxy) is 1. The van der Waals surface area contributed by atoms with Crippen LogP contribution in [0.15, 0.2) is 12.1 Å². The molecule has 0 saturated carbocycles. The van der Waals surface area contributed by atoms with E-state index in [4.69, 9.17) is 4.74 Å². The Morgan fingerprint density at radius 3 is 2.50 bits per heavy atom. The molecule has 0 bridgehead atoms. The second kappa shape index (κ2) is 4.33. The second-order valence-corrected chi connectivity index (χ2v) is 3.44. The number of pyridine rings is 1. The summed E-state index contributed by atoms with van der Waals surface area (Å²) < 4.78 is 41.7. The third kappa shape index (κ3) is 2.73. The average Bonchev–Trinajstić information content (AvgIpc) is 2.02. The standard InChI is InChI=1S/C8H7F3INO/c1-2-14-6-4-3-5(7(12)13-6)8(9,10)11/h3-4H,2H2,1H3. The van der Waals surface area contributed by atoms with E-state index < -0.39 is 11.7 Å². The van der Waals surface area contributed by atoms with Crippen molar-refractivity contribution in [3.05, 3.63) is 21.4 Å². The lowest BCUT2D eigenvalue weighted by Crippen LogP contribution is -2.09. The van der Waals surface area contributed by atoms with Gasteiger partial charge in [-0.3, -0.25) is 0 Å². The van der Waals surface area contributed by atoms with E-state index in [0.717, 1.165) is 6.07 Å². The van der Waals surface area contributed by atoms with Crippen LogP contribution >= 0.6 is 22.6 Å². The molecule has 1 aromatic heterocycles. The molecule has 0 fully saturated rings. The summed E-state index contributed by atoms with van der Waals surface area (Å²) in [6.45, 7) is 2.13. The summed E-state index contributed by atoms with van der Waals surface area (Å²) in [5.74, 6) is 0.213. The Morgan fingerprint density at radius 1 is 1.43 bits per heavy atom. The maximum absolute atomic E-state index is 12.3. The van der Waals surface area contributed by atoms with Crippen LogP contribution in [0, 0.1) is 3.70 Å². The van der Waals surface area contributed by atoms with Crippen LogP contribution in [0.5, 0.6) is 5.88 Å². The van der Waals surface area contributed by atoms with Crippen molar-refractivity contribution in [2.45, 2.75) is 13.1 Å². The van der Waals surface area contributed by atoms with Gasteiger partial charge in [-0.2, -0.15) is 13.2 Å². The number of halogens is 4. The first-order chi connectivity index (χ1) is 6.45. The van der Waals surface area contributed by atoms with Gasteiger partial charge in [-0.25, -0.2) is 4.98 Å². The topological polar surface area (TPSA) is 22.1 Å². The van der Waals surface area contributed by atoms with E-state index >= 15 is 0 Å². The summed E-state index contributed by atoms with van der Waals surface area (Å²) in [6.07, 6.45) is -4.35. The number of nitrogens with zero attached hydrogens (tertiary/aromatic N) is 1. The van der Waals surface area contributed by atoms with Crippen LogP contribution in [0.3, 0.4) is 0 Å². The van der Waals surface area contributed by atoms with Crippen LogP contribution < -0.4 is 4.74 Å². The van der Waals surface area contributed by atoms with Gasteiger partial charge in [-0.05, 0) is 35.6 Å². The number of rotatable bonds is 2. The number of hydrogen-bond acceptors (Lipinski definition) is 2. The summed E-state index contributed by atoms with van der Waals surface area (Å²) in [5.41, 5.74) is -0.735. The fourth-order valence-electron chi connectivity index (χ4n) is 0.857. The van der Waals surface area contributed by atoms with Crippen LogP contribution in [0.1, 0.15) is 12.5 Å². The third-order valence-electron chi connectivity index (χ3n) is 1.42. The molecule has 1 heterocycles. The molecule has 0 aromatic carbocycles. The van der Waals surface area contributed by atoms with Gasteiger partial charge in [0.2, 0.25) is 5.88 Å². The zero-order valence-corrected chi connectivity index (χ0v) is 9.39. The molecular formula is C8H7F3INO. The zero-order valence-electron chi connectivity index (χ0n) is 7.23. The van der Waals surface area contributed by atoms with Gasteiger partial charge in [0, 0.05) is 6.07 Å². The lowest BCUT2D eigenvalue weighted by atomic mass is 10.3. The van der Waals surface area contributed by atoms with Crippen LogP contribution in [0.4, 0.5) is 13.2 Å². The van der Waals surface area contributed by atoms with Crippen LogP contribution in [-0.4, -0.2) is 11.6 Å². The summed E-state index contributed by atoms with van der Waals surface area (Å²) in [6, 6.07) is 2.19. The molecule has 0 spiro atoms. The summed E-state index contributed by atoms with van der Waals surface area (Å²) >= 11 is 1.54. The highest BCUT2D eigenvalue weighted by molar-refractivity contribution is 14.1. The fourth-order valence-corrected chi connectivity index (χ4v) is 1.58. The lowest BCUT2D eigenvalue weighted by Gasteiger charge is -2.09. The van der Waals surface area contributed by atoms with Crippen molar-refractivity contribution < 1.29 is 17.9 Å². The highest BCUT2D eigenvalue weighted by Crippen LogP contribution is 2.32. The van der Waals surface area contributed by atoms with E-state index in [9.17, 15) is 13.2 Å². The maximum atomic E-state index is 12.3. The molecule has 0 amide bonds. The van der Waals surface area contributed by atoms with Crippen LogP contribution in [0.25, 0.3) is 0 Å². The van der Waals surface area contributed by atoms with Gasteiger partial charge in [0.1, 0.15) is 3.70 Å². The van der Waals surface area contributed by atoms with Crippen molar-refractivity contribution in [2.24, 2.45) is 0 Å². The van der Waals surface area contributed by atoms with Crippen molar-refractivity contribution in [3.8, 4) is 5.88 Å². The van der Waals surface area contributed by atoms with Gasteiger partial charge in [0.25, 0.3) is 0 Å². The van der Waals surface area contributed by atoms with Gasteiger partial charge in [-0.15, -0.1) is 0 Å². The van der Waals surface area contributed by atoms with Crippen molar-refractivity contribution in [3.63, 3.8) is 0 Å². The lowest BCUT2D eigenvalue weighted by molar-refractivity contribution is -0.138. The largest absolute Gasteiger partial charge is 0.478 e. The SMILES string of the molecule is CCOc1ccc(C(F)(F)F)c(I)n1. The van der Waals surface area contributed by atoms with Crippen LogP contribution in [0.2, 0.25) is 0 Å². The smallest absolute Gasteiger partial charge is 0.418 e. The molecule has 0 aliphatic carbocycles. The van der Waals surface area contributed by atoms with Gasteiger partial charge in [-0.1, -0.05) is 0 Å². The zero-order chi connectivity index (χ0) is 10.8. The fraction of sp³-hybridized carbons (Fsp3) is 0.375. The van der Waals surface area contributed by atoms with E-state index in [-0.39, 0.29) is 9.58 Å². The third-order valence-corrected chi connectivity index (χ3v) is 2.24. The van der Waals surface area contributed by atoms with Gasteiger partial charge >= 0.3 is 6.18 Å². The molecule has 1 aromatic rings. The first-order valence-corrected chi connectivity index (χ1v) is 4.89. The molecule has 0 unspecified atom stereocenters. The van der Waals surface area contributed by atoms with Crippen molar-refractivity contribution >= 4 is 22.6 Å². The Labute approximate surface area is 92.6 Å². The monoisotopic (exact) mass is 317 g/mol.